The summed E-state index contributed by atoms with van der Waals surface area (Å²) in [5, 5.41) is 32.4. The zero-order valence-electron chi connectivity index (χ0n) is 35.0. The second kappa shape index (κ2) is 21.6. The summed E-state index contributed by atoms with van der Waals surface area (Å²) >= 11 is 3.93. The third-order valence-corrected chi connectivity index (χ3v) is 12.2. The number of anilines is 1. The second-order valence-electron chi connectivity index (χ2n) is 14.1. The van der Waals surface area contributed by atoms with Crippen LogP contribution in [-0.2, 0) is 11.3 Å². The molecule has 0 saturated heterocycles. The van der Waals surface area contributed by atoms with E-state index in [-0.39, 0.29) is 48.9 Å². The Balaban J connectivity index is 0.793. The molecule has 0 saturated carbocycles. The van der Waals surface area contributed by atoms with Crippen molar-refractivity contribution in [1.82, 2.24) is 55.3 Å². The number of rotatable bonds is 21. The molecule has 0 spiro atoms. The van der Waals surface area contributed by atoms with Gasteiger partial charge in [-0.15, -0.1) is 26.7 Å². The molecule has 0 aliphatic carbocycles. The number of carbonyl (C=O) groups is 2. The van der Waals surface area contributed by atoms with E-state index in [9.17, 15) is 14.4 Å². The van der Waals surface area contributed by atoms with E-state index in [0.29, 0.717) is 63.0 Å². The van der Waals surface area contributed by atoms with E-state index < -0.39 is 5.56 Å². The molecule has 0 radical (unpaired) electrons. The maximum atomic E-state index is 13.7. The van der Waals surface area contributed by atoms with Crippen molar-refractivity contribution in [1.29, 1.82) is 0 Å². The Labute approximate surface area is 384 Å². The molecule has 19 nitrogen and oxygen atoms in total. The largest absolute Gasteiger partial charge is 0.378 e. The predicted octanol–water partition coefficient (Wildman–Crippen LogP) is 6.46. The van der Waals surface area contributed by atoms with Gasteiger partial charge >= 0.3 is 5.56 Å². The van der Waals surface area contributed by atoms with E-state index in [1.165, 1.54) is 22.2 Å². The van der Waals surface area contributed by atoms with Crippen LogP contribution in [0, 0.1) is 0 Å². The molecule has 22 heteroatoms. The van der Waals surface area contributed by atoms with Crippen molar-refractivity contribution in [3.8, 4) is 27.6 Å². The van der Waals surface area contributed by atoms with Crippen molar-refractivity contribution in [2.24, 2.45) is 16.0 Å². The first-order valence-corrected chi connectivity index (χ1v) is 23.3. The SMILES string of the molecule is CCCSc1nc(NCCN)c2nnn(Cc3ccc(C(=O)NCCOCCNC(=O)c4cnc(N=Nc5c(-c6ccccc6)[nH]n(-c6nc(-c7ccccc7)cs6)c5=O)s4)cc3)c2n1. The number of hydrogen-bond donors (Lipinski definition) is 5. The molecule has 5 aromatic heterocycles. The van der Waals surface area contributed by atoms with E-state index in [1.54, 1.807) is 28.6 Å². The summed E-state index contributed by atoms with van der Waals surface area (Å²) in [6.07, 6.45) is 2.39. The van der Waals surface area contributed by atoms with Crippen LogP contribution in [0.25, 0.3) is 38.8 Å². The Kier molecular flexibility index (Phi) is 14.8. The zero-order valence-corrected chi connectivity index (χ0v) is 37.5. The third-order valence-electron chi connectivity index (χ3n) is 9.46. The summed E-state index contributed by atoms with van der Waals surface area (Å²) in [7, 11) is 0. The molecule has 8 aromatic rings. The summed E-state index contributed by atoms with van der Waals surface area (Å²) in [5.41, 5.74) is 10.8. The van der Waals surface area contributed by atoms with Gasteiger partial charge in [0.2, 0.25) is 10.3 Å². The average Bonchev–Trinajstić information content (AvgIpc) is 4.17. The Morgan fingerprint density at radius 3 is 2.37 bits per heavy atom. The van der Waals surface area contributed by atoms with Crippen LogP contribution in [0.3, 0.4) is 0 Å². The molecule has 0 fully saturated rings. The molecule has 0 bridgehead atoms. The maximum Gasteiger partial charge on any atom is 0.301 e. The minimum Gasteiger partial charge on any atom is -0.378 e. The van der Waals surface area contributed by atoms with Crippen molar-refractivity contribution in [2.45, 2.75) is 25.0 Å². The number of ether oxygens (including phenoxy) is 1. The highest BCUT2D eigenvalue weighted by Gasteiger charge is 2.20. The van der Waals surface area contributed by atoms with Crippen LogP contribution >= 0.6 is 34.4 Å². The molecule has 5 heterocycles. The molecule has 0 unspecified atom stereocenters. The lowest BCUT2D eigenvalue weighted by molar-refractivity contribution is 0.0894. The number of aromatic nitrogens is 9. The number of benzene rings is 3. The summed E-state index contributed by atoms with van der Waals surface area (Å²) in [6.45, 7) is 4.48. The first kappa shape index (κ1) is 44.6. The molecule has 8 rings (SSSR count). The average molecular weight is 930 g/mol. The first-order valence-electron chi connectivity index (χ1n) is 20.6. The lowest BCUT2D eigenvalue weighted by Gasteiger charge is -2.09. The van der Waals surface area contributed by atoms with Crippen LogP contribution in [-0.4, -0.2) is 102 Å². The Bertz CT molecular complexity index is 2950. The molecule has 332 valence electrons. The maximum absolute atomic E-state index is 13.7. The first-order chi connectivity index (χ1) is 31.9. The molecular weight excluding hydrogens is 887 g/mol. The fraction of sp³-hybridized carbons (Fsp3) is 0.233. The molecule has 0 atom stereocenters. The lowest BCUT2D eigenvalue weighted by Crippen LogP contribution is -2.30. The van der Waals surface area contributed by atoms with E-state index in [2.05, 4.69) is 63.5 Å². The normalized spacial score (nSPS) is 11.4. The van der Waals surface area contributed by atoms with Gasteiger partial charge in [0.1, 0.15) is 4.88 Å². The Morgan fingerprint density at radius 1 is 0.892 bits per heavy atom. The third kappa shape index (κ3) is 11.0. The topological polar surface area (TPSA) is 250 Å². The van der Waals surface area contributed by atoms with Gasteiger partial charge in [-0.25, -0.2) is 24.6 Å². The highest BCUT2D eigenvalue weighted by Crippen LogP contribution is 2.31. The number of fused-ring (bicyclic) bond motifs is 1. The molecular formula is C43H43N15O4S3. The highest BCUT2D eigenvalue weighted by atomic mass is 32.2. The van der Waals surface area contributed by atoms with Gasteiger partial charge in [0.25, 0.3) is 11.8 Å². The van der Waals surface area contributed by atoms with Crippen molar-refractivity contribution in [2.75, 3.05) is 50.5 Å². The molecule has 6 N–H and O–H groups in total. The quantitative estimate of drug-likeness (QED) is 0.0225. The number of carbonyl (C=O) groups excluding carboxylic acids is 2. The highest BCUT2D eigenvalue weighted by molar-refractivity contribution is 7.99. The number of nitrogens with one attached hydrogen (secondary N) is 4. The van der Waals surface area contributed by atoms with Crippen LogP contribution in [0.5, 0.6) is 0 Å². The van der Waals surface area contributed by atoms with Gasteiger partial charge in [-0.3, -0.25) is 19.5 Å². The fourth-order valence-corrected chi connectivity index (χ4v) is 8.43. The monoisotopic (exact) mass is 929 g/mol. The van der Waals surface area contributed by atoms with Crippen LogP contribution in [0.2, 0.25) is 0 Å². The predicted molar refractivity (Wildman–Crippen MR) is 252 cm³/mol. The number of amides is 2. The smallest absolute Gasteiger partial charge is 0.301 e. The number of H-pyrrole nitrogens is 1. The van der Waals surface area contributed by atoms with Crippen molar-refractivity contribution in [3.05, 3.63) is 123 Å². The summed E-state index contributed by atoms with van der Waals surface area (Å²) in [5.74, 6) is 0.887. The van der Waals surface area contributed by atoms with Crippen molar-refractivity contribution < 1.29 is 14.3 Å². The number of hydrogen-bond acceptors (Lipinski definition) is 17. The van der Waals surface area contributed by atoms with Gasteiger partial charge < -0.3 is 26.4 Å². The van der Waals surface area contributed by atoms with Gasteiger partial charge in [-0.1, -0.05) is 108 Å². The number of nitrogens with two attached hydrogens (primary N) is 1. The van der Waals surface area contributed by atoms with Gasteiger partial charge in [0.15, 0.2) is 27.8 Å². The van der Waals surface area contributed by atoms with Crippen LogP contribution < -0.4 is 27.2 Å². The van der Waals surface area contributed by atoms with Gasteiger partial charge in [0.05, 0.1) is 37.3 Å². The molecule has 65 heavy (non-hydrogen) atoms. The summed E-state index contributed by atoms with van der Waals surface area (Å²) in [4.78, 5) is 58.0. The van der Waals surface area contributed by atoms with Crippen molar-refractivity contribution >= 4 is 74.1 Å². The number of thioether (sulfide) groups is 1. The van der Waals surface area contributed by atoms with E-state index >= 15 is 0 Å². The number of azo groups is 1. The zero-order chi connectivity index (χ0) is 45.0. The summed E-state index contributed by atoms with van der Waals surface area (Å²) < 4.78 is 8.71. The number of nitrogens with zero attached hydrogens (tertiary/aromatic N) is 10. The van der Waals surface area contributed by atoms with Crippen LogP contribution in [0.1, 0.15) is 38.9 Å². The van der Waals surface area contributed by atoms with Crippen LogP contribution in [0.4, 0.5) is 16.6 Å². The number of thiazole rings is 2. The molecule has 2 amide bonds. The lowest BCUT2D eigenvalue weighted by atomic mass is 10.1. The van der Waals surface area contributed by atoms with Crippen LogP contribution in [0.15, 0.2) is 117 Å². The molecule has 0 aliphatic rings. The minimum atomic E-state index is -0.433. The Morgan fingerprint density at radius 2 is 1.63 bits per heavy atom. The Hall–Kier alpha value is -6.98. The molecule has 3 aromatic carbocycles. The van der Waals surface area contributed by atoms with Gasteiger partial charge in [0, 0.05) is 54.0 Å². The minimum absolute atomic E-state index is 0.0755. The van der Waals surface area contributed by atoms with Crippen molar-refractivity contribution in [3.63, 3.8) is 0 Å². The van der Waals surface area contributed by atoms with E-state index in [1.807, 2.05) is 78.2 Å². The van der Waals surface area contributed by atoms with Gasteiger partial charge in [-0.05, 0) is 24.1 Å². The summed E-state index contributed by atoms with van der Waals surface area (Å²) in [6, 6.07) is 26.3. The fourth-order valence-electron chi connectivity index (χ4n) is 6.29. The standard InChI is InChI=1S/C43H43N15O4S3/c1-2-23-63-42-50-36(45-18-17-44)35-37(51-42)57(56-53-35)25-27-13-15-30(16-14-27)38(59)46-19-21-62-22-20-47-39(60)32-24-48-41(65-32)54-52-34-33(29-11-7-4-8-12-29)55-58(40(34)61)43-49-31(26-64-43)28-9-5-3-6-10-28/h3-16,24,26,55H,2,17-23,25,44H2,1H3,(H,46,59)(H,47,60)(H,45,50,51). The second-order valence-corrected chi connectivity index (χ2v) is 17.0. The van der Waals surface area contributed by atoms with E-state index in [0.717, 1.165) is 45.9 Å². The van der Waals surface area contributed by atoms with E-state index in [4.69, 9.17) is 15.5 Å². The number of aromatic amines is 1. The molecule has 0 aliphatic heterocycles. The van der Waals surface area contributed by atoms with Gasteiger partial charge in [-0.2, -0.15) is 4.68 Å².